The number of aromatic amines is 1. The van der Waals surface area contributed by atoms with E-state index in [1.54, 1.807) is 12.1 Å². The number of hydrogen-bond donors (Lipinski definition) is 2. The quantitative estimate of drug-likeness (QED) is 0.555. The van der Waals surface area contributed by atoms with Crippen molar-refractivity contribution in [1.29, 1.82) is 0 Å². The average molecular weight is 376 g/mol. The average Bonchev–Trinajstić information content (AvgIpc) is 3.45. The number of nitrogens with zero attached hydrogens (tertiary/aromatic N) is 2. The van der Waals surface area contributed by atoms with Crippen LogP contribution in [0, 0.1) is 0 Å². The van der Waals surface area contributed by atoms with Crippen LogP contribution in [0.15, 0.2) is 48.5 Å². The SMILES string of the molecule is CCCCOc1ccc(C(=O)Nc2cccc(-c3n[nH]c(C4CC4)n3)c2)cc1. The van der Waals surface area contributed by atoms with Gasteiger partial charge in [-0.1, -0.05) is 25.5 Å². The van der Waals surface area contributed by atoms with Gasteiger partial charge in [-0.2, -0.15) is 5.10 Å². The highest BCUT2D eigenvalue weighted by molar-refractivity contribution is 6.04. The van der Waals surface area contributed by atoms with Crippen LogP contribution in [0.5, 0.6) is 5.75 Å². The predicted molar refractivity (Wildman–Crippen MR) is 109 cm³/mol. The van der Waals surface area contributed by atoms with Gasteiger partial charge in [-0.05, 0) is 55.7 Å². The van der Waals surface area contributed by atoms with Crippen LogP contribution < -0.4 is 10.1 Å². The highest BCUT2D eigenvalue weighted by Gasteiger charge is 2.27. The second-order valence-corrected chi connectivity index (χ2v) is 7.08. The Hall–Kier alpha value is -3.15. The normalized spacial score (nSPS) is 13.3. The summed E-state index contributed by atoms with van der Waals surface area (Å²) in [6.07, 6.45) is 4.46. The van der Waals surface area contributed by atoms with Crippen molar-refractivity contribution in [1.82, 2.24) is 15.2 Å². The molecule has 0 aliphatic heterocycles. The zero-order chi connectivity index (χ0) is 19.3. The van der Waals surface area contributed by atoms with E-state index < -0.39 is 0 Å². The van der Waals surface area contributed by atoms with Crippen molar-refractivity contribution < 1.29 is 9.53 Å². The summed E-state index contributed by atoms with van der Waals surface area (Å²) in [5, 5.41) is 10.3. The van der Waals surface area contributed by atoms with Gasteiger partial charge in [0.2, 0.25) is 0 Å². The van der Waals surface area contributed by atoms with Gasteiger partial charge in [0.25, 0.3) is 5.91 Å². The number of anilines is 1. The van der Waals surface area contributed by atoms with Gasteiger partial charge in [0.15, 0.2) is 5.82 Å². The predicted octanol–water partition coefficient (Wildman–Crippen LogP) is 4.78. The number of unbranched alkanes of at least 4 members (excludes halogenated alkanes) is 1. The minimum atomic E-state index is -0.161. The fourth-order valence-electron chi connectivity index (χ4n) is 2.92. The first-order chi connectivity index (χ1) is 13.7. The molecule has 1 aliphatic carbocycles. The summed E-state index contributed by atoms with van der Waals surface area (Å²) in [4.78, 5) is 17.1. The van der Waals surface area contributed by atoms with Crippen LogP contribution in [0.4, 0.5) is 5.69 Å². The highest BCUT2D eigenvalue weighted by Crippen LogP contribution is 2.38. The Labute approximate surface area is 164 Å². The highest BCUT2D eigenvalue weighted by atomic mass is 16.5. The smallest absolute Gasteiger partial charge is 0.255 e. The summed E-state index contributed by atoms with van der Waals surface area (Å²) in [6.45, 7) is 2.82. The molecule has 4 rings (SSSR count). The molecule has 0 atom stereocenters. The van der Waals surface area contributed by atoms with E-state index in [-0.39, 0.29) is 5.91 Å². The van der Waals surface area contributed by atoms with Gasteiger partial charge in [-0.3, -0.25) is 9.89 Å². The van der Waals surface area contributed by atoms with E-state index in [9.17, 15) is 4.79 Å². The van der Waals surface area contributed by atoms with E-state index in [2.05, 4.69) is 27.4 Å². The Balaban J connectivity index is 1.41. The molecule has 1 amide bonds. The lowest BCUT2D eigenvalue weighted by Crippen LogP contribution is -2.11. The Morgan fingerprint density at radius 1 is 1.21 bits per heavy atom. The molecule has 0 bridgehead atoms. The molecule has 1 aliphatic rings. The van der Waals surface area contributed by atoms with Gasteiger partial charge in [0.05, 0.1) is 6.61 Å². The van der Waals surface area contributed by atoms with E-state index in [4.69, 9.17) is 4.74 Å². The van der Waals surface area contributed by atoms with Crippen LogP contribution in [0.3, 0.4) is 0 Å². The van der Waals surface area contributed by atoms with Crippen molar-refractivity contribution in [2.75, 3.05) is 11.9 Å². The first-order valence-corrected chi connectivity index (χ1v) is 9.80. The lowest BCUT2D eigenvalue weighted by atomic mass is 10.1. The maximum atomic E-state index is 12.5. The van der Waals surface area contributed by atoms with Gasteiger partial charge in [-0.25, -0.2) is 4.98 Å². The molecule has 6 heteroatoms. The molecule has 0 unspecified atom stereocenters. The molecule has 6 nitrogen and oxygen atoms in total. The van der Waals surface area contributed by atoms with Crippen LogP contribution in [0.1, 0.15) is 54.7 Å². The molecule has 1 aromatic heterocycles. The number of amides is 1. The van der Waals surface area contributed by atoms with Gasteiger partial charge in [0, 0.05) is 22.7 Å². The largest absolute Gasteiger partial charge is 0.494 e. The van der Waals surface area contributed by atoms with E-state index in [1.165, 1.54) is 12.8 Å². The topological polar surface area (TPSA) is 79.9 Å². The summed E-state index contributed by atoms with van der Waals surface area (Å²) in [5.74, 6) is 2.75. The Morgan fingerprint density at radius 2 is 2.04 bits per heavy atom. The van der Waals surface area contributed by atoms with Crippen molar-refractivity contribution >= 4 is 11.6 Å². The maximum Gasteiger partial charge on any atom is 0.255 e. The molecule has 0 spiro atoms. The Kier molecular flexibility index (Phi) is 5.37. The molecule has 1 fully saturated rings. The van der Waals surface area contributed by atoms with Gasteiger partial charge >= 0.3 is 0 Å². The van der Waals surface area contributed by atoms with Crippen molar-refractivity contribution in [3.05, 3.63) is 59.9 Å². The molecular formula is C22H24N4O2. The number of hydrogen-bond acceptors (Lipinski definition) is 4. The maximum absolute atomic E-state index is 12.5. The van der Waals surface area contributed by atoms with Crippen molar-refractivity contribution in [3.63, 3.8) is 0 Å². The second-order valence-electron chi connectivity index (χ2n) is 7.08. The minimum Gasteiger partial charge on any atom is -0.494 e. The molecule has 2 aromatic carbocycles. The molecule has 28 heavy (non-hydrogen) atoms. The molecule has 144 valence electrons. The summed E-state index contributed by atoms with van der Waals surface area (Å²) in [7, 11) is 0. The molecule has 1 saturated carbocycles. The van der Waals surface area contributed by atoms with E-state index in [1.807, 2.05) is 36.4 Å². The molecule has 0 saturated heterocycles. The zero-order valence-corrected chi connectivity index (χ0v) is 15.9. The monoisotopic (exact) mass is 376 g/mol. The van der Waals surface area contributed by atoms with Crippen LogP contribution in [0.2, 0.25) is 0 Å². The summed E-state index contributed by atoms with van der Waals surface area (Å²) < 4.78 is 5.64. The number of rotatable bonds is 8. The first kappa shape index (κ1) is 18.2. The number of carbonyl (C=O) groups is 1. The molecule has 1 heterocycles. The van der Waals surface area contributed by atoms with Crippen LogP contribution >= 0.6 is 0 Å². The molecule has 0 radical (unpaired) electrons. The number of aromatic nitrogens is 3. The number of nitrogens with one attached hydrogen (secondary N) is 2. The number of ether oxygens (including phenoxy) is 1. The summed E-state index contributed by atoms with van der Waals surface area (Å²) in [5.41, 5.74) is 2.17. The Bertz CT molecular complexity index is 945. The fraction of sp³-hybridized carbons (Fsp3) is 0.318. The second kappa shape index (κ2) is 8.25. The van der Waals surface area contributed by atoms with E-state index >= 15 is 0 Å². The fourth-order valence-corrected chi connectivity index (χ4v) is 2.92. The number of benzene rings is 2. The van der Waals surface area contributed by atoms with Crippen LogP contribution in [-0.4, -0.2) is 27.7 Å². The lowest BCUT2D eigenvalue weighted by Gasteiger charge is -2.08. The molecule has 3 aromatic rings. The standard InChI is InChI=1S/C22H24N4O2/c1-2-3-13-28-19-11-9-16(10-12-19)22(27)23-18-6-4-5-17(14-18)21-24-20(25-26-21)15-7-8-15/h4-6,9-12,14-15H,2-3,7-8,13H2,1H3,(H,23,27)(H,24,25,26). The lowest BCUT2D eigenvalue weighted by molar-refractivity contribution is 0.102. The molecule has 2 N–H and O–H groups in total. The van der Waals surface area contributed by atoms with Crippen molar-refractivity contribution in [2.24, 2.45) is 0 Å². The summed E-state index contributed by atoms with van der Waals surface area (Å²) in [6, 6.07) is 14.8. The Morgan fingerprint density at radius 3 is 2.79 bits per heavy atom. The van der Waals surface area contributed by atoms with Gasteiger partial charge in [-0.15, -0.1) is 0 Å². The third-order valence-corrected chi connectivity index (χ3v) is 4.73. The van der Waals surface area contributed by atoms with Crippen LogP contribution in [0.25, 0.3) is 11.4 Å². The van der Waals surface area contributed by atoms with Crippen molar-refractivity contribution in [2.45, 2.75) is 38.5 Å². The molecular weight excluding hydrogens is 352 g/mol. The van der Waals surface area contributed by atoms with E-state index in [0.29, 0.717) is 29.6 Å². The van der Waals surface area contributed by atoms with Crippen molar-refractivity contribution in [3.8, 4) is 17.1 Å². The minimum absolute atomic E-state index is 0.161. The number of H-pyrrole nitrogens is 1. The third-order valence-electron chi connectivity index (χ3n) is 4.73. The van der Waals surface area contributed by atoms with Gasteiger partial charge < -0.3 is 10.1 Å². The number of carbonyl (C=O) groups excluding carboxylic acids is 1. The zero-order valence-electron chi connectivity index (χ0n) is 15.9. The van der Waals surface area contributed by atoms with Gasteiger partial charge in [0.1, 0.15) is 11.6 Å². The van der Waals surface area contributed by atoms with Crippen LogP contribution in [-0.2, 0) is 0 Å². The first-order valence-electron chi connectivity index (χ1n) is 9.80. The summed E-state index contributed by atoms with van der Waals surface area (Å²) >= 11 is 0. The van der Waals surface area contributed by atoms with E-state index in [0.717, 1.165) is 30.0 Å². The third kappa shape index (κ3) is 4.39.